The molecule has 4 nitrogen and oxygen atoms in total. The molecule has 0 heterocycles. The summed E-state index contributed by atoms with van der Waals surface area (Å²) >= 11 is 0. The van der Waals surface area contributed by atoms with Gasteiger partial charge in [0.25, 0.3) is 0 Å². The normalized spacial score (nSPS) is 13.5. The van der Waals surface area contributed by atoms with Crippen molar-refractivity contribution in [2.75, 3.05) is 6.61 Å². The van der Waals surface area contributed by atoms with Crippen LogP contribution in [0.25, 0.3) is 0 Å². The van der Waals surface area contributed by atoms with Crippen LogP contribution in [0.1, 0.15) is 67.2 Å². The lowest BCUT2D eigenvalue weighted by atomic mass is 9.99. The molecular weight excluding hydrogens is 266 g/mol. The Morgan fingerprint density at radius 1 is 1.29 bits per heavy atom. The first-order chi connectivity index (χ1) is 9.66. The van der Waals surface area contributed by atoms with Crippen LogP contribution < -0.4 is 5.32 Å². The van der Waals surface area contributed by atoms with Gasteiger partial charge in [-0.05, 0) is 53.4 Å². The van der Waals surface area contributed by atoms with E-state index >= 15 is 0 Å². The number of rotatable bonds is 7. The molecule has 0 aliphatic heterocycles. The summed E-state index contributed by atoms with van der Waals surface area (Å²) in [5.74, 6) is 0.545. The van der Waals surface area contributed by atoms with E-state index in [4.69, 9.17) is 9.84 Å². The number of aliphatic hydroxyl groups excluding tert-OH is 1. The molecule has 0 radical (unpaired) electrons. The van der Waals surface area contributed by atoms with E-state index in [2.05, 4.69) is 18.8 Å². The fraction of sp³-hybridized carbons (Fsp3) is 0.824. The Labute approximate surface area is 131 Å². The number of amides is 1. The molecule has 1 amide bonds. The predicted molar refractivity (Wildman–Crippen MR) is 89.4 cm³/mol. The average molecular weight is 301 g/mol. The van der Waals surface area contributed by atoms with E-state index in [1.54, 1.807) is 6.08 Å². The minimum atomic E-state index is -0.445. The van der Waals surface area contributed by atoms with Crippen LogP contribution in [-0.4, -0.2) is 29.4 Å². The number of hydrogen-bond acceptors (Lipinski definition) is 3. The molecule has 0 spiro atoms. The minimum Gasteiger partial charge on any atom is -0.444 e. The highest BCUT2D eigenvalue weighted by molar-refractivity contribution is 5.67. The monoisotopic (exact) mass is 301 g/mol. The van der Waals surface area contributed by atoms with Gasteiger partial charge in [0.15, 0.2) is 0 Å². The molecule has 2 N–H and O–H groups in total. The summed E-state index contributed by atoms with van der Waals surface area (Å²) in [4.78, 5) is 11.5. The van der Waals surface area contributed by atoms with Crippen LogP contribution in [0.2, 0.25) is 0 Å². The Balaban J connectivity index is 0. The molecule has 0 aromatic carbocycles. The second-order valence-electron chi connectivity index (χ2n) is 6.50. The van der Waals surface area contributed by atoms with Gasteiger partial charge in [0.1, 0.15) is 5.60 Å². The smallest absolute Gasteiger partial charge is 0.407 e. The van der Waals surface area contributed by atoms with E-state index in [1.165, 1.54) is 0 Å². The molecule has 0 aliphatic rings. The van der Waals surface area contributed by atoms with Gasteiger partial charge >= 0.3 is 6.09 Å². The first-order valence-electron chi connectivity index (χ1n) is 7.83. The van der Waals surface area contributed by atoms with Crippen LogP contribution in [0.15, 0.2) is 12.7 Å². The molecule has 0 bridgehead atoms. The van der Waals surface area contributed by atoms with Crippen LogP contribution in [0.5, 0.6) is 0 Å². The number of carbonyl (C=O) groups is 1. The van der Waals surface area contributed by atoms with Crippen molar-refractivity contribution in [2.24, 2.45) is 5.92 Å². The summed E-state index contributed by atoms with van der Waals surface area (Å²) in [5, 5.41) is 11.6. The van der Waals surface area contributed by atoms with Crippen molar-refractivity contribution in [2.45, 2.75) is 78.9 Å². The van der Waals surface area contributed by atoms with Gasteiger partial charge in [0, 0.05) is 12.6 Å². The molecule has 0 aromatic rings. The van der Waals surface area contributed by atoms with Crippen LogP contribution in [0.4, 0.5) is 4.79 Å². The summed E-state index contributed by atoms with van der Waals surface area (Å²) in [6, 6.07) is 0.126. The summed E-state index contributed by atoms with van der Waals surface area (Å²) in [6.45, 7) is 15.2. The fourth-order valence-corrected chi connectivity index (χ4v) is 1.72. The largest absolute Gasteiger partial charge is 0.444 e. The van der Waals surface area contributed by atoms with E-state index < -0.39 is 5.60 Å². The third-order valence-electron chi connectivity index (χ3n) is 2.72. The highest BCUT2D eigenvalue weighted by Crippen LogP contribution is 2.13. The van der Waals surface area contributed by atoms with E-state index in [0.29, 0.717) is 5.92 Å². The maximum absolute atomic E-state index is 11.5. The molecule has 0 rings (SSSR count). The molecule has 21 heavy (non-hydrogen) atoms. The Hall–Kier alpha value is -1.03. The number of alkyl carbamates (subject to hydrolysis) is 1. The summed E-state index contributed by atoms with van der Waals surface area (Å²) < 4.78 is 5.19. The van der Waals surface area contributed by atoms with Gasteiger partial charge in [-0.15, -0.1) is 6.58 Å². The van der Waals surface area contributed by atoms with Crippen molar-refractivity contribution in [3.63, 3.8) is 0 Å². The molecule has 0 aliphatic carbocycles. The standard InChI is InChI=1S/C14H29NO3.C3H6/c1-11(9-10-16)7-6-8-12(2)15-13(17)18-14(3,4)5;1-3-2/h11-12,16H,6-10H2,1-5H3,(H,15,17);3H,1H2,2H3/t11?,12-;/m1./s1. The third kappa shape index (κ3) is 19.0. The van der Waals surface area contributed by atoms with Crippen molar-refractivity contribution in [1.82, 2.24) is 5.32 Å². The first kappa shape index (κ1) is 22.3. The second kappa shape index (κ2) is 12.7. The number of allylic oxidation sites excluding steroid dienone is 1. The molecule has 0 aromatic heterocycles. The number of carbonyl (C=O) groups excluding carboxylic acids is 1. The number of nitrogens with one attached hydrogen (secondary N) is 1. The van der Waals surface area contributed by atoms with Crippen molar-refractivity contribution in [1.29, 1.82) is 0 Å². The van der Waals surface area contributed by atoms with Gasteiger partial charge in [0.05, 0.1) is 0 Å². The third-order valence-corrected chi connectivity index (χ3v) is 2.72. The van der Waals surface area contributed by atoms with E-state index in [1.807, 2.05) is 34.6 Å². The summed E-state index contributed by atoms with van der Waals surface area (Å²) in [5.41, 5.74) is -0.445. The van der Waals surface area contributed by atoms with Crippen molar-refractivity contribution < 1.29 is 14.6 Å². The molecule has 0 fully saturated rings. The van der Waals surface area contributed by atoms with Gasteiger partial charge in [-0.3, -0.25) is 0 Å². The van der Waals surface area contributed by atoms with Gasteiger partial charge in [-0.2, -0.15) is 0 Å². The second-order valence-corrected chi connectivity index (χ2v) is 6.50. The van der Waals surface area contributed by atoms with Crippen molar-refractivity contribution in [3.05, 3.63) is 12.7 Å². The maximum Gasteiger partial charge on any atom is 0.407 e. The highest BCUT2D eigenvalue weighted by Gasteiger charge is 2.17. The van der Waals surface area contributed by atoms with Crippen molar-refractivity contribution >= 4 is 6.09 Å². The lowest BCUT2D eigenvalue weighted by molar-refractivity contribution is 0.0505. The zero-order valence-electron chi connectivity index (χ0n) is 14.7. The van der Waals surface area contributed by atoms with Crippen LogP contribution in [0, 0.1) is 5.92 Å². The number of ether oxygens (including phenoxy) is 1. The Bertz CT molecular complexity index is 272. The maximum atomic E-state index is 11.5. The fourth-order valence-electron chi connectivity index (χ4n) is 1.72. The minimum absolute atomic E-state index is 0.126. The molecule has 0 saturated carbocycles. The van der Waals surface area contributed by atoms with Gasteiger partial charge in [-0.1, -0.05) is 25.8 Å². The zero-order valence-corrected chi connectivity index (χ0v) is 14.7. The topological polar surface area (TPSA) is 58.6 Å². The van der Waals surface area contributed by atoms with Gasteiger partial charge in [0.2, 0.25) is 0 Å². The van der Waals surface area contributed by atoms with E-state index in [9.17, 15) is 4.79 Å². The lowest BCUT2D eigenvalue weighted by Gasteiger charge is -2.22. The summed E-state index contributed by atoms with van der Waals surface area (Å²) in [7, 11) is 0. The summed E-state index contributed by atoms with van der Waals surface area (Å²) in [6.07, 6.45) is 5.33. The quantitative estimate of drug-likeness (QED) is 0.690. The first-order valence-corrected chi connectivity index (χ1v) is 7.83. The van der Waals surface area contributed by atoms with E-state index in [0.717, 1.165) is 25.7 Å². The van der Waals surface area contributed by atoms with Crippen LogP contribution in [-0.2, 0) is 4.74 Å². The molecule has 1 unspecified atom stereocenters. The highest BCUT2D eigenvalue weighted by atomic mass is 16.6. The van der Waals surface area contributed by atoms with Crippen LogP contribution in [0.3, 0.4) is 0 Å². The number of hydrogen-bond donors (Lipinski definition) is 2. The Kier molecular flexibility index (Phi) is 13.4. The SMILES string of the molecule is C=CC.CC(CCO)CCC[C@@H](C)NC(=O)OC(C)(C)C. The number of aliphatic hydroxyl groups is 1. The van der Waals surface area contributed by atoms with E-state index in [-0.39, 0.29) is 18.7 Å². The average Bonchev–Trinajstić information content (AvgIpc) is 2.27. The predicted octanol–water partition coefficient (Wildman–Crippen LogP) is 4.28. The zero-order chi connectivity index (χ0) is 16.9. The Morgan fingerprint density at radius 3 is 2.24 bits per heavy atom. The van der Waals surface area contributed by atoms with Gasteiger partial charge in [-0.25, -0.2) is 4.79 Å². The molecular formula is C17H35NO3. The Morgan fingerprint density at radius 2 is 1.81 bits per heavy atom. The van der Waals surface area contributed by atoms with Crippen molar-refractivity contribution in [3.8, 4) is 0 Å². The molecule has 4 heteroatoms. The molecule has 0 saturated heterocycles. The van der Waals surface area contributed by atoms with Gasteiger partial charge < -0.3 is 15.2 Å². The van der Waals surface area contributed by atoms with Crippen LogP contribution >= 0.6 is 0 Å². The molecule has 126 valence electrons. The molecule has 2 atom stereocenters. The lowest BCUT2D eigenvalue weighted by Crippen LogP contribution is -2.37.